The number of nitrogens with two attached hydrogens (primary N) is 1. The molecule has 0 fully saturated rings. The molecule has 3 aliphatic rings. The first-order chi connectivity index (χ1) is 33.1. The van der Waals surface area contributed by atoms with Crippen molar-refractivity contribution in [3.05, 3.63) is 206 Å². The Morgan fingerprint density at radius 2 is 0.912 bits per heavy atom. The van der Waals surface area contributed by atoms with Gasteiger partial charge in [0.15, 0.2) is 17.3 Å². The van der Waals surface area contributed by atoms with Crippen LogP contribution in [0, 0.1) is 0 Å². The predicted octanol–water partition coefficient (Wildman–Crippen LogP) is 11.4. The number of ketones is 3. The lowest BCUT2D eigenvalue weighted by molar-refractivity contribution is 0.0988. The Labute approximate surface area is 400 Å². The van der Waals surface area contributed by atoms with E-state index in [1.54, 1.807) is 0 Å². The van der Waals surface area contributed by atoms with E-state index in [1.165, 1.54) is 22.3 Å². The van der Waals surface area contributed by atoms with E-state index in [4.69, 9.17) is 11.3 Å². The summed E-state index contributed by atoms with van der Waals surface area (Å²) in [4.78, 5) is 46.7. The number of Topliss-reactive ketones (excluding diaryl/α,β-unsaturated/α-hetero) is 3. The molecule has 9 rings (SSSR count). The molecule has 68 heavy (non-hydrogen) atoms. The van der Waals surface area contributed by atoms with Gasteiger partial charge >= 0.3 is 0 Å². The highest BCUT2D eigenvalue weighted by molar-refractivity contribution is 6.00. The van der Waals surface area contributed by atoms with Crippen LogP contribution in [0.25, 0.3) is 10.4 Å². The van der Waals surface area contributed by atoms with E-state index in [9.17, 15) is 19.5 Å². The molecule has 6 aromatic rings. The maximum absolute atomic E-state index is 12.5. The van der Waals surface area contributed by atoms with Crippen molar-refractivity contribution < 1.29 is 19.5 Å². The van der Waals surface area contributed by atoms with Crippen molar-refractivity contribution in [2.24, 2.45) is 10.8 Å². The number of hydrogen-bond donors (Lipinski definition) is 2. The minimum Gasteiger partial charge on any atom is -0.388 e. The molecule has 0 spiro atoms. The highest BCUT2D eigenvalue weighted by Crippen LogP contribution is 2.38. The second-order valence-electron chi connectivity index (χ2n) is 17.6. The van der Waals surface area contributed by atoms with Crippen molar-refractivity contribution in [2.45, 2.75) is 77.5 Å². The highest BCUT2D eigenvalue weighted by atomic mass is 16.3. The Kier molecular flexibility index (Phi) is 17.0. The fourth-order valence-electron chi connectivity index (χ4n) is 9.19. The fraction of sp³-hybridized carbons (Fsp3) is 0.316. The van der Waals surface area contributed by atoms with Gasteiger partial charge in [0.1, 0.15) is 0 Å². The van der Waals surface area contributed by atoms with Gasteiger partial charge in [0.2, 0.25) is 0 Å². The lowest BCUT2D eigenvalue weighted by Crippen LogP contribution is -2.37. The number of hydrogen-bond acceptors (Lipinski definition) is 9. The standard InChI is InChI=1S/C19H20N4O.C19H22N2O.C19H21NO2/c1-2-14-8-9-18-16(12-14)17(21-22-20)10-11-23(18)13-19(24)15-6-4-3-5-7-15;1-2-14-8-9-18-16(12-14)17(20)10-11-21(18)13-19(22)15-6-4-3-5-7-15;1-2-14-8-9-17-16(12-14)18(21)10-11-20(17)13-19(22)15-6-4-3-5-7-15/h3-9,12,17H,2,10-11,13H2,1H3;3-9,12,17H,2,10-11,13,20H2,1H3;3-9,12,18,21H,2,10-11,13H2,1H3. The molecule has 0 bridgehead atoms. The Morgan fingerprint density at radius 3 is 1.34 bits per heavy atom. The molecular formula is C57H63N7O4. The largest absolute Gasteiger partial charge is 0.388 e. The van der Waals surface area contributed by atoms with Gasteiger partial charge in [-0.1, -0.05) is 153 Å². The van der Waals surface area contributed by atoms with Crippen molar-refractivity contribution in [2.75, 3.05) is 54.0 Å². The third-order valence-electron chi connectivity index (χ3n) is 13.2. The zero-order valence-corrected chi connectivity index (χ0v) is 39.5. The van der Waals surface area contributed by atoms with Crippen molar-refractivity contribution in [1.82, 2.24) is 0 Å². The van der Waals surface area contributed by atoms with E-state index in [1.807, 2.05) is 103 Å². The fourth-order valence-corrected chi connectivity index (χ4v) is 9.19. The van der Waals surface area contributed by atoms with E-state index in [0.29, 0.717) is 39.1 Å². The van der Waals surface area contributed by atoms with Gasteiger partial charge in [-0.05, 0) is 90.1 Å². The summed E-state index contributed by atoms with van der Waals surface area (Å²) >= 11 is 0. The number of rotatable bonds is 13. The van der Waals surface area contributed by atoms with Crippen LogP contribution in [-0.2, 0) is 19.3 Å². The molecule has 0 aliphatic carbocycles. The summed E-state index contributed by atoms with van der Waals surface area (Å²) in [5, 5.41) is 14.2. The number of carbonyl (C=O) groups is 3. The van der Waals surface area contributed by atoms with Crippen LogP contribution in [0.2, 0.25) is 0 Å². The number of aliphatic hydroxyl groups excluding tert-OH is 1. The first kappa shape index (κ1) is 48.9. The molecule has 11 nitrogen and oxygen atoms in total. The van der Waals surface area contributed by atoms with Gasteiger partial charge in [0.05, 0.1) is 31.8 Å². The predicted molar refractivity (Wildman–Crippen MR) is 274 cm³/mol. The summed E-state index contributed by atoms with van der Waals surface area (Å²) in [6, 6.07) is 47.0. The zero-order valence-electron chi connectivity index (χ0n) is 39.5. The van der Waals surface area contributed by atoms with Gasteiger partial charge in [-0.2, -0.15) is 0 Å². The Bertz CT molecular complexity index is 2590. The number of azide groups is 1. The zero-order chi connectivity index (χ0) is 48.0. The van der Waals surface area contributed by atoms with Crippen LogP contribution in [0.4, 0.5) is 17.1 Å². The first-order valence-corrected chi connectivity index (χ1v) is 24.0. The average Bonchev–Trinajstić information content (AvgIpc) is 3.39. The number of carbonyl (C=O) groups excluding carboxylic acids is 3. The number of nitrogens with zero attached hydrogens (tertiary/aromatic N) is 6. The molecule has 11 heteroatoms. The summed E-state index contributed by atoms with van der Waals surface area (Å²) in [5.41, 5.74) is 27.3. The van der Waals surface area contributed by atoms with Crippen molar-refractivity contribution >= 4 is 34.4 Å². The first-order valence-electron chi connectivity index (χ1n) is 24.0. The topological polar surface area (TPSA) is 156 Å². The number of fused-ring (bicyclic) bond motifs is 3. The number of aliphatic hydroxyl groups is 1. The summed E-state index contributed by atoms with van der Waals surface area (Å²) in [6.45, 7) is 9.71. The van der Waals surface area contributed by atoms with Crippen molar-refractivity contribution in [3.8, 4) is 0 Å². The van der Waals surface area contributed by atoms with Crippen LogP contribution in [0.15, 0.2) is 151 Å². The summed E-state index contributed by atoms with van der Waals surface area (Å²) < 4.78 is 0. The average molecular weight is 910 g/mol. The molecule has 0 saturated carbocycles. The van der Waals surface area contributed by atoms with Crippen LogP contribution >= 0.6 is 0 Å². The van der Waals surface area contributed by atoms with E-state index in [-0.39, 0.29) is 29.4 Å². The second-order valence-corrected chi connectivity index (χ2v) is 17.6. The van der Waals surface area contributed by atoms with Gasteiger partial charge in [-0.15, -0.1) is 0 Å². The molecule has 0 saturated heterocycles. The minimum atomic E-state index is -0.426. The molecule has 0 amide bonds. The van der Waals surface area contributed by atoms with Gasteiger partial charge in [0, 0.05) is 69.9 Å². The summed E-state index contributed by atoms with van der Waals surface area (Å²) in [5.74, 6) is 0.368. The molecule has 350 valence electrons. The molecule has 0 aromatic heterocycles. The number of anilines is 3. The smallest absolute Gasteiger partial charge is 0.182 e. The van der Waals surface area contributed by atoms with E-state index in [2.05, 4.69) is 88.0 Å². The van der Waals surface area contributed by atoms with E-state index < -0.39 is 6.10 Å². The molecule has 3 unspecified atom stereocenters. The van der Waals surface area contributed by atoms with Crippen LogP contribution in [0.1, 0.15) is 123 Å². The van der Waals surface area contributed by atoms with Crippen LogP contribution in [0.5, 0.6) is 0 Å². The van der Waals surface area contributed by atoms with E-state index >= 15 is 0 Å². The van der Waals surface area contributed by atoms with Crippen LogP contribution in [-0.4, -0.2) is 61.7 Å². The molecule has 3 heterocycles. The third kappa shape index (κ3) is 12.1. The lowest BCUT2D eigenvalue weighted by Gasteiger charge is -2.34. The third-order valence-corrected chi connectivity index (χ3v) is 13.2. The SMILES string of the molecule is CCc1ccc2c(c1)C(N)CCN2CC(=O)c1ccccc1.CCc1ccc2c(c1)C(N=[N+]=[N-])CCN2CC(=O)c1ccccc1.CCc1ccc2c(c1)C(O)CCN2CC(=O)c1ccccc1. The number of aryl methyl sites for hydroxylation is 3. The number of benzene rings is 6. The van der Waals surface area contributed by atoms with Crippen molar-refractivity contribution in [1.29, 1.82) is 0 Å². The minimum absolute atomic E-state index is 0.0737. The summed E-state index contributed by atoms with van der Waals surface area (Å²) in [7, 11) is 0. The quantitative estimate of drug-likeness (QED) is 0.0502. The van der Waals surface area contributed by atoms with Gasteiger partial charge in [0.25, 0.3) is 0 Å². The Balaban J connectivity index is 0.000000151. The molecule has 3 aliphatic heterocycles. The molecule has 3 atom stereocenters. The van der Waals surface area contributed by atoms with Crippen LogP contribution < -0.4 is 20.4 Å². The van der Waals surface area contributed by atoms with Crippen molar-refractivity contribution in [3.63, 3.8) is 0 Å². The molecular weight excluding hydrogens is 847 g/mol. The maximum Gasteiger partial charge on any atom is 0.182 e. The monoisotopic (exact) mass is 909 g/mol. The normalized spacial score (nSPS) is 16.8. The Morgan fingerprint density at radius 1 is 0.544 bits per heavy atom. The van der Waals surface area contributed by atoms with Crippen LogP contribution in [0.3, 0.4) is 0 Å². The van der Waals surface area contributed by atoms with Gasteiger partial charge < -0.3 is 25.5 Å². The summed E-state index contributed by atoms with van der Waals surface area (Å²) in [6.07, 6.45) is 4.74. The maximum atomic E-state index is 12.5. The molecule has 3 N–H and O–H groups in total. The van der Waals surface area contributed by atoms with Gasteiger partial charge in [-0.25, -0.2) is 0 Å². The molecule has 6 aromatic carbocycles. The highest BCUT2D eigenvalue weighted by Gasteiger charge is 2.28. The molecule has 0 radical (unpaired) electrons. The second kappa shape index (κ2) is 23.6. The Hall–Kier alpha value is -7.04. The van der Waals surface area contributed by atoms with E-state index in [0.717, 1.165) is 83.5 Å². The van der Waals surface area contributed by atoms with Gasteiger partial charge in [-0.3, -0.25) is 14.4 Å². The lowest BCUT2D eigenvalue weighted by atomic mass is 9.94.